The number of halogens is 1. The molecule has 0 saturated carbocycles. The third-order valence-electron chi connectivity index (χ3n) is 5.40. The summed E-state index contributed by atoms with van der Waals surface area (Å²) in [7, 11) is 3.43. The van der Waals surface area contributed by atoms with Crippen molar-refractivity contribution in [1.29, 1.82) is 0 Å². The molecule has 0 radical (unpaired) electrons. The second kappa shape index (κ2) is 14.3. The molecular formula is C25H37IN4O3. The molecule has 182 valence electrons. The lowest BCUT2D eigenvalue weighted by molar-refractivity contribution is -0.0705. The summed E-state index contributed by atoms with van der Waals surface area (Å²) in [5.74, 6) is 2.39. The number of aliphatic imine (C=N–C) groups is 1. The fraction of sp³-hybridized carbons (Fsp3) is 0.480. The summed E-state index contributed by atoms with van der Waals surface area (Å²) in [5, 5.41) is 6.73. The molecule has 1 aliphatic heterocycles. The van der Waals surface area contributed by atoms with Gasteiger partial charge in [-0.3, -0.25) is 9.89 Å². The predicted molar refractivity (Wildman–Crippen MR) is 144 cm³/mol. The Morgan fingerprint density at radius 2 is 1.64 bits per heavy atom. The number of benzene rings is 2. The first kappa shape index (κ1) is 27.2. The van der Waals surface area contributed by atoms with Gasteiger partial charge in [-0.1, -0.05) is 24.3 Å². The highest BCUT2D eigenvalue weighted by molar-refractivity contribution is 14.0. The van der Waals surface area contributed by atoms with Gasteiger partial charge in [-0.05, 0) is 49.2 Å². The van der Waals surface area contributed by atoms with Crippen molar-refractivity contribution in [3.63, 3.8) is 0 Å². The van der Waals surface area contributed by atoms with Crippen molar-refractivity contribution < 1.29 is 14.2 Å². The quantitative estimate of drug-likeness (QED) is 0.208. The molecule has 0 amide bonds. The molecule has 2 atom stereocenters. The Labute approximate surface area is 214 Å². The number of nitrogens with zero attached hydrogens (tertiary/aromatic N) is 2. The van der Waals surface area contributed by atoms with Crippen LogP contribution in [0.3, 0.4) is 0 Å². The number of methoxy groups -OCH3 is 1. The molecule has 0 aliphatic carbocycles. The Balaban J connectivity index is 0.00000385. The topological polar surface area (TPSA) is 67.4 Å². The fourth-order valence-corrected chi connectivity index (χ4v) is 3.95. The molecule has 8 heteroatoms. The van der Waals surface area contributed by atoms with Crippen LogP contribution in [0.5, 0.6) is 11.5 Å². The van der Waals surface area contributed by atoms with Gasteiger partial charge >= 0.3 is 0 Å². The van der Waals surface area contributed by atoms with Crippen molar-refractivity contribution in [2.24, 2.45) is 4.99 Å². The van der Waals surface area contributed by atoms with Crippen LogP contribution in [0.1, 0.15) is 25.0 Å². The summed E-state index contributed by atoms with van der Waals surface area (Å²) < 4.78 is 16.8. The first-order chi connectivity index (χ1) is 15.6. The van der Waals surface area contributed by atoms with Crippen LogP contribution < -0.4 is 20.1 Å². The molecule has 1 fully saturated rings. The monoisotopic (exact) mass is 568 g/mol. The fourth-order valence-electron chi connectivity index (χ4n) is 3.95. The van der Waals surface area contributed by atoms with Gasteiger partial charge in [0.2, 0.25) is 0 Å². The van der Waals surface area contributed by atoms with Crippen molar-refractivity contribution >= 4 is 29.9 Å². The van der Waals surface area contributed by atoms with Crippen LogP contribution in [0.15, 0.2) is 53.5 Å². The van der Waals surface area contributed by atoms with E-state index in [0.717, 1.165) is 37.1 Å². The summed E-state index contributed by atoms with van der Waals surface area (Å²) >= 11 is 0. The standard InChI is InChI=1S/C25H36N4O3.HI/c1-19-16-29(17-20(2)32-19)18-22-8-6-5-7-21(22)15-28-25(26-3)27-13-14-31-24-11-9-23(30-4)10-12-24;/h5-12,19-20H,13-18H2,1-4H3,(H2,26,27,28);1H. The molecule has 0 aromatic heterocycles. The lowest BCUT2D eigenvalue weighted by Crippen LogP contribution is -2.45. The highest BCUT2D eigenvalue weighted by Crippen LogP contribution is 2.18. The van der Waals surface area contributed by atoms with E-state index in [2.05, 4.69) is 58.6 Å². The third-order valence-corrected chi connectivity index (χ3v) is 5.40. The van der Waals surface area contributed by atoms with Gasteiger partial charge in [0, 0.05) is 33.2 Å². The minimum absolute atomic E-state index is 0. The number of nitrogens with one attached hydrogen (secondary N) is 2. The molecular weight excluding hydrogens is 531 g/mol. The normalized spacial score (nSPS) is 18.8. The first-order valence-corrected chi connectivity index (χ1v) is 11.2. The number of hydrogen-bond donors (Lipinski definition) is 2. The molecule has 1 aliphatic rings. The molecule has 3 rings (SSSR count). The molecule has 0 spiro atoms. The van der Waals surface area contributed by atoms with Crippen molar-refractivity contribution in [2.45, 2.75) is 39.1 Å². The van der Waals surface area contributed by atoms with E-state index < -0.39 is 0 Å². The summed E-state index contributed by atoms with van der Waals surface area (Å²) in [6.07, 6.45) is 0.541. The van der Waals surface area contributed by atoms with E-state index in [9.17, 15) is 0 Å². The van der Waals surface area contributed by atoms with Crippen LogP contribution in [0, 0.1) is 0 Å². The molecule has 0 bridgehead atoms. The van der Waals surface area contributed by atoms with Gasteiger partial charge in [0.05, 0.1) is 25.9 Å². The molecule has 33 heavy (non-hydrogen) atoms. The zero-order valence-electron chi connectivity index (χ0n) is 20.0. The zero-order chi connectivity index (χ0) is 22.8. The SMILES string of the molecule is CN=C(NCCOc1ccc(OC)cc1)NCc1ccccc1CN1CC(C)OC(C)C1.I. The van der Waals surface area contributed by atoms with Gasteiger partial charge < -0.3 is 24.8 Å². The van der Waals surface area contributed by atoms with Gasteiger partial charge in [-0.15, -0.1) is 24.0 Å². The maximum absolute atomic E-state index is 5.87. The second-order valence-corrected chi connectivity index (χ2v) is 8.10. The van der Waals surface area contributed by atoms with E-state index in [1.165, 1.54) is 11.1 Å². The van der Waals surface area contributed by atoms with Crippen LogP contribution in [-0.4, -0.2) is 63.5 Å². The summed E-state index contributed by atoms with van der Waals surface area (Å²) in [6.45, 7) is 9.04. The molecule has 2 aromatic carbocycles. The minimum atomic E-state index is 0. The highest BCUT2D eigenvalue weighted by atomic mass is 127. The lowest BCUT2D eigenvalue weighted by Gasteiger charge is -2.35. The van der Waals surface area contributed by atoms with Crippen molar-refractivity contribution in [1.82, 2.24) is 15.5 Å². The summed E-state index contributed by atoms with van der Waals surface area (Å²) in [4.78, 5) is 6.80. The Morgan fingerprint density at radius 1 is 1.00 bits per heavy atom. The van der Waals surface area contributed by atoms with Gasteiger partial charge in [-0.2, -0.15) is 0 Å². The Morgan fingerprint density at radius 3 is 2.27 bits per heavy atom. The Hall–Kier alpha value is -2.04. The number of hydrogen-bond acceptors (Lipinski definition) is 5. The molecule has 2 aromatic rings. The molecule has 1 saturated heterocycles. The first-order valence-electron chi connectivity index (χ1n) is 11.2. The van der Waals surface area contributed by atoms with Gasteiger partial charge in [0.1, 0.15) is 18.1 Å². The van der Waals surface area contributed by atoms with Gasteiger partial charge in [0.15, 0.2) is 5.96 Å². The summed E-state index contributed by atoms with van der Waals surface area (Å²) in [5.41, 5.74) is 2.61. The summed E-state index contributed by atoms with van der Waals surface area (Å²) in [6, 6.07) is 16.2. The second-order valence-electron chi connectivity index (χ2n) is 8.10. The number of rotatable bonds is 9. The van der Waals surface area contributed by atoms with Gasteiger partial charge in [0.25, 0.3) is 0 Å². The number of morpholine rings is 1. The highest BCUT2D eigenvalue weighted by Gasteiger charge is 2.22. The molecule has 2 N–H and O–H groups in total. The minimum Gasteiger partial charge on any atom is -0.497 e. The van der Waals surface area contributed by atoms with E-state index in [-0.39, 0.29) is 36.2 Å². The van der Waals surface area contributed by atoms with Crippen LogP contribution in [0.2, 0.25) is 0 Å². The average molecular weight is 569 g/mol. The smallest absolute Gasteiger partial charge is 0.191 e. The Kier molecular flexibility index (Phi) is 11.8. The maximum Gasteiger partial charge on any atom is 0.191 e. The lowest BCUT2D eigenvalue weighted by atomic mass is 10.1. The maximum atomic E-state index is 5.87. The van der Waals surface area contributed by atoms with E-state index in [1.807, 2.05) is 24.3 Å². The van der Waals surface area contributed by atoms with Crippen LogP contribution in [-0.2, 0) is 17.8 Å². The van der Waals surface area contributed by atoms with E-state index in [1.54, 1.807) is 14.2 Å². The van der Waals surface area contributed by atoms with Crippen LogP contribution in [0.25, 0.3) is 0 Å². The largest absolute Gasteiger partial charge is 0.497 e. The van der Waals surface area contributed by atoms with Crippen molar-refractivity contribution in [2.75, 3.05) is 40.4 Å². The van der Waals surface area contributed by atoms with E-state index in [4.69, 9.17) is 14.2 Å². The predicted octanol–water partition coefficient (Wildman–Crippen LogP) is 3.67. The van der Waals surface area contributed by atoms with Gasteiger partial charge in [-0.25, -0.2) is 0 Å². The third kappa shape index (κ3) is 9.02. The Bertz CT molecular complexity index is 853. The van der Waals surface area contributed by atoms with Crippen LogP contribution >= 0.6 is 24.0 Å². The zero-order valence-corrected chi connectivity index (χ0v) is 22.4. The van der Waals surface area contributed by atoms with Crippen molar-refractivity contribution in [3.8, 4) is 11.5 Å². The molecule has 7 nitrogen and oxygen atoms in total. The van der Waals surface area contributed by atoms with Crippen LogP contribution in [0.4, 0.5) is 0 Å². The average Bonchev–Trinajstić information content (AvgIpc) is 2.79. The van der Waals surface area contributed by atoms with Crippen molar-refractivity contribution in [3.05, 3.63) is 59.7 Å². The number of ether oxygens (including phenoxy) is 3. The van der Waals surface area contributed by atoms with E-state index in [0.29, 0.717) is 19.7 Å². The molecule has 2 unspecified atom stereocenters. The molecule has 1 heterocycles. The van der Waals surface area contributed by atoms with E-state index >= 15 is 0 Å². The number of guanidine groups is 1.